The number of hydrogen-bond donors (Lipinski definition) is 2. The molecule has 1 aromatic heterocycles. The number of carbonyl (C=O) groups is 1. The van der Waals surface area contributed by atoms with E-state index in [1.165, 1.54) is 25.6 Å². The number of nitrogens with one attached hydrogen (secondary N) is 1. The van der Waals surface area contributed by atoms with Crippen LogP contribution in [0.3, 0.4) is 0 Å². The second-order valence-electron chi connectivity index (χ2n) is 4.03. The molecule has 0 unspecified atom stereocenters. The second-order valence-corrected chi connectivity index (χ2v) is 4.03. The number of anilines is 1. The summed E-state index contributed by atoms with van der Waals surface area (Å²) in [5, 5.41) is 12.3. The van der Waals surface area contributed by atoms with Gasteiger partial charge in [0.05, 0.1) is 18.9 Å². The molecule has 5 nitrogen and oxygen atoms in total. The molecule has 0 aliphatic heterocycles. The lowest BCUT2D eigenvalue weighted by molar-refractivity contribution is 0.102. The molecular weight excluding hydrogens is 244 g/mol. The molecule has 2 N–H and O–H groups in total. The van der Waals surface area contributed by atoms with E-state index in [-0.39, 0.29) is 11.7 Å². The molecular formula is C14H14N2O3. The fourth-order valence-electron chi connectivity index (χ4n) is 1.62. The smallest absolute Gasteiger partial charge is 0.259 e. The number of amides is 1. The fraction of sp³-hybridized carbons (Fsp3) is 0.143. The number of phenols is 1. The molecule has 1 heterocycles. The molecule has 1 aromatic carbocycles. The molecule has 19 heavy (non-hydrogen) atoms. The summed E-state index contributed by atoms with van der Waals surface area (Å²) in [5.74, 6) is 0.221. The van der Waals surface area contributed by atoms with E-state index in [4.69, 9.17) is 4.74 Å². The number of aromatic nitrogens is 1. The highest BCUT2D eigenvalue weighted by Gasteiger charge is 2.12. The summed E-state index contributed by atoms with van der Waals surface area (Å²) in [4.78, 5) is 16.0. The zero-order valence-corrected chi connectivity index (χ0v) is 10.7. The molecule has 0 aliphatic carbocycles. The normalized spacial score (nSPS) is 10.0. The first-order valence-electron chi connectivity index (χ1n) is 5.71. The lowest BCUT2D eigenvalue weighted by Crippen LogP contribution is -2.13. The van der Waals surface area contributed by atoms with Crippen molar-refractivity contribution in [1.82, 2.24) is 4.98 Å². The summed E-state index contributed by atoms with van der Waals surface area (Å²) in [6.07, 6.45) is 2.99. The predicted molar refractivity (Wildman–Crippen MR) is 71.6 cm³/mol. The van der Waals surface area contributed by atoms with E-state index in [0.29, 0.717) is 17.0 Å². The summed E-state index contributed by atoms with van der Waals surface area (Å²) in [7, 11) is 1.48. The van der Waals surface area contributed by atoms with Gasteiger partial charge in [-0.15, -0.1) is 0 Å². The Morgan fingerprint density at radius 3 is 2.84 bits per heavy atom. The minimum Gasteiger partial charge on any atom is -0.508 e. The van der Waals surface area contributed by atoms with Crippen molar-refractivity contribution < 1.29 is 14.6 Å². The van der Waals surface area contributed by atoms with Crippen molar-refractivity contribution in [3.8, 4) is 11.5 Å². The number of aromatic hydroxyl groups is 1. The molecule has 2 aromatic rings. The highest BCUT2D eigenvalue weighted by molar-refractivity contribution is 6.06. The molecule has 0 spiro atoms. The van der Waals surface area contributed by atoms with Gasteiger partial charge in [0.2, 0.25) is 0 Å². The minimum absolute atomic E-state index is 0.138. The first-order chi connectivity index (χ1) is 9.11. The van der Waals surface area contributed by atoms with E-state index < -0.39 is 0 Å². The molecule has 0 atom stereocenters. The van der Waals surface area contributed by atoms with E-state index in [1.54, 1.807) is 25.1 Å². The van der Waals surface area contributed by atoms with Crippen LogP contribution in [0.1, 0.15) is 15.9 Å². The van der Waals surface area contributed by atoms with Crippen LogP contribution in [0.4, 0.5) is 5.69 Å². The minimum atomic E-state index is -0.317. The zero-order valence-electron chi connectivity index (χ0n) is 10.7. The molecule has 98 valence electrons. The average Bonchev–Trinajstić information content (AvgIpc) is 2.43. The van der Waals surface area contributed by atoms with Crippen molar-refractivity contribution in [1.29, 1.82) is 0 Å². The average molecular weight is 258 g/mol. The van der Waals surface area contributed by atoms with Gasteiger partial charge in [-0.25, -0.2) is 0 Å². The van der Waals surface area contributed by atoms with E-state index in [0.717, 1.165) is 5.56 Å². The Morgan fingerprint density at radius 1 is 1.37 bits per heavy atom. The molecule has 5 heteroatoms. The van der Waals surface area contributed by atoms with Crippen molar-refractivity contribution in [2.75, 3.05) is 12.4 Å². The fourth-order valence-corrected chi connectivity index (χ4v) is 1.62. The number of benzene rings is 1. The third-order valence-electron chi connectivity index (χ3n) is 2.72. The Hall–Kier alpha value is -2.56. The number of carbonyl (C=O) groups excluding carboxylic acids is 1. The standard InChI is InChI=1S/C14H14N2O3/c1-9-3-4-10(7-12(9)17)16-14(18)11-5-6-15-8-13(11)19-2/h3-8,17H,1-2H3,(H,16,18). The zero-order chi connectivity index (χ0) is 13.8. The van der Waals surface area contributed by atoms with Crippen LogP contribution < -0.4 is 10.1 Å². The number of aryl methyl sites for hydroxylation is 1. The molecule has 2 rings (SSSR count). The number of pyridine rings is 1. The van der Waals surface area contributed by atoms with Crippen LogP contribution in [0.5, 0.6) is 11.5 Å². The number of ether oxygens (including phenoxy) is 1. The largest absolute Gasteiger partial charge is 0.508 e. The summed E-state index contributed by atoms with van der Waals surface area (Å²) in [5.41, 5.74) is 1.66. The van der Waals surface area contributed by atoms with Gasteiger partial charge in [0, 0.05) is 18.0 Å². The summed E-state index contributed by atoms with van der Waals surface area (Å²) in [6.45, 7) is 1.78. The quantitative estimate of drug-likeness (QED) is 0.886. The number of nitrogens with zero attached hydrogens (tertiary/aromatic N) is 1. The van der Waals surface area contributed by atoms with E-state index in [2.05, 4.69) is 10.3 Å². The van der Waals surface area contributed by atoms with Crippen LogP contribution in [0.25, 0.3) is 0 Å². The molecule has 0 fully saturated rings. The maximum atomic E-state index is 12.1. The van der Waals surface area contributed by atoms with Gasteiger partial charge in [-0.05, 0) is 24.6 Å². The topological polar surface area (TPSA) is 71.5 Å². The molecule has 0 aliphatic rings. The highest BCUT2D eigenvalue weighted by Crippen LogP contribution is 2.22. The lowest BCUT2D eigenvalue weighted by Gasteiger charge is -2.09. The maximum absolute atomic E-state index is 12.1. The van der Waals surface area contributed by atoms with Gasteiger partial charge >= 0.3 is 0 Å². The van der Waals surface area contributed by atoms with Gasteiger partial charge in [0.15, 0.2) is 0 Å². The Bertz CT molecular complexity index is 611. The molecule has 0 saturated heterocycles. The van der Waals surface area contributed by atoms with Gasteiger partial charge in [0.25, 0.3) is 5.91 Å². The van der Waals surface area contributed by atoms with Crippen LogP contribution in [0.15, 0.2) is 36.7 Å². The summed E-state index contributed by atoms with van der Waals surface area (Å²) < 4.78 is 5.07. The Morgan fingerprint density at radius 2 is 2.16 bits per heavy atom. The molecule has 0 radical (unpaired) electrons. The van der Waals surface area contributed by atoms with Gasteiger partial charge < -0.3 is 15.2 Å². The lowest BCUT2D eigenvalue weighted by atomic mass is 10.2. The van der Waals surface area contributed by atoms with Crippen molar-refractivity contribution in [3.63, 3.8) is 0 Å². The summed E-state index contributed by atoms with van der Waals surface area (Å²) >= 11 is 0. The molecule has 0 saturated carbocycles. The third kappa shape index (κ3) is 2.82. The molecule has 1 amide bonds. The number of rotatable bonds is 3. The number of phenolic OH excluding ortho intramolecular Hbond substituents is 1. The second kappa shape index (κ2) is 5.39. The maximum Gasteiger partial charge on any atom is 0.259 e. The number of hydrogen-bond acceptors (Lipinski definition) is 4. The Kier molecular flexibility index (Phi) is 3.66. The van der Waals surface area contributed by atoms with Crippen LogP contribution in [0.2, 0.25) is 0 Å². The van der Waals surface area contributed by atoms with Crippen LogP contribution in [-0.4, -0.2) is 23.1 Å². The van der Waals surface area contributed by atoms with Crippen LogP contribution >= 0.6 is 0 Å². The van der Waals surface area contributed by atoms with E-state index in [1.807, 2.05) is 0 Å². The van der Waals surface area contributed by atoms with Crippen molar-refractivity contribution in [3.05, 3.63) is 47.8 Å². The van der Waals surface area contributed by atoms with Crippen molar-refractivity contribution >= 4 is 11.6 Å². The Balaban J connectivity index is 2.23. The van der Waals surface area contributed by atoms with Crippen LogP contribution in [-0.2, 0) is 0 Å². The van der Waals surface area contributed by atoms with E-state index in [9.17, 15) is 9.90 Å². The predicted octanol–water partition coefficient (Wildman–Crippen LogP) is 2.36. The van der Waals surface area contributed by atoms with E-state index >= 15 is 0 Å². The van der Waals surface area contributed by atoms with Gasteiger partial charge in [0.1, 0.15) is 11.5 Å². The monoisotopic (exact) mass is 258 g/mol. The van der Waals surface area contributed by atoms with Gasteiger partial charge in [-0.1, -0.05) is 6.07 Å². The van der Waals surface area contributed by atoms with Gasteiger partial charge in [-0.3, -0.25) is 9.78 Å². The van der Waals surface area contributed by atoms with Gasteiger partial charge in [-0.2, -0.15) is 0 Å². The summed E-state index contributed by atoms with van der Waals surface area (Å²) in [6, 6.07) is 6.53. The number of methoxy groups -OCH3 is 1. The van der Waals surface area contributed by atoms with Crippen molar-refractivity contribution in [2.45, 2.75) is 6.92 Å². The third-order valence-corrected chi connectivity index (χ3v) is 2.72. The van der Waals surface area contributed by atoms with Crippen molar-refractivity contribution in [2.24, 2.45) is 0 Å². The van der Waals surface area contributed by atoms with Crippen LogP contribution in [0, 0.1) is 6.92 Å². The first kappa shape index (κ1) is 12.9. The highest BCUT2D eigenvalue weighted by atomic mass is 16.5. The SMILES string of the molecule is COc1cnccc1C(=O)Nc1ccc(C)c(O)c1. The molecule has 0 bridgehead atoms. The Labute approximate surface area is 110 Å². The first-order valence-corrected chi connectivity index (χ1v) is 5.71.